The number of carbonyl (C=O) groups is 1. The molecule has 0 aromatic heterocycles. The van der Waals surface area contributed by atoms with E-state index in [9.17, 15) is 9.90 Å². The van der Waals surface area contributed by atoms with E-state index in [0.717, 1.165) is 13.1 Å². The minimum atomic E-state index is -0.284. The Morgan fingerprint density at radius 3 is 2.62 bits per heavy atom. The standard InChI is InChI=1S/C15H18N4O2/c1-18-6-8-19(9-7-18)15(21)12(10-16)11-17-13-4-2-3-5-14(13)20/h2-5,11,17,20H,6-9H2,1H3/b12-11-. The van der Waals surface area contributed by atoms with Crippen molar-refractivity contribution in [2.45, 2.75) is 0 Å². The lowest BCUT2D eigenvalue weighted by molar-refractivity contribution is -0.128. The van der Waals surface area contributed by atoms with Gasteiger partial charge in [-0.25, -0.2) is 0 Å². The molecule has 0 saturated carbocycles. The molecule has 0 spiro atoms. The average Bonchev–Trinajstić information content (AvgIpc) is 2.50. The number of amides is 1. The summed E-state index contributed by atoms with van der Waals surface area (Å²) >= 11 is 0. The molecule has 1 heterocycles. The van der Waals surface area contributed by atoms with Crippen LogP contribution in [0.2, 0.25) is 0 Å². The van der Waals surface area contributed by atoms with E-state index in [1.165, 1.54) is 12.3 Å². The van der Waals surface area contributed by atoms with Crippen LogP contribution in [-0.4, -0.2) is 54.0 Å². The first-order chi connectivity index (χ1) is 10.1. The monoisotopic (exact) mass is 286 g/mol. The minimum absolute atomic E-state index is 0.0304. The second kappa shape index (κ2) is 6.77. The number of aromatic hydroxyl groups is 1. The Kier molecular flexibility index (Phi) is 4.80. The topological polar surface area (TPSA) is 79.6 Å². The number of likely N-dealkylation sites (N-methyl/N-ethyl adjacent to an activating group) is 1. The second-order valence-electron chi connectivity index (χ2n) is 4.93. The van der Waals surface area contributed by atoms with E-state index < -0.39 is 0 Å². The second-order valence-corrected chi connectivity index (χ2v) is 4.93. The smallest absolute Gasteiger partial charge is 0.266 e. The zero-order valence-electron chi connectivity index (χ0n) is 11.9. The van der Waals surface area contributed by atoms with Crippen LogP contribution >= 0.6 is 0 Å². The molecule has 2 N–H and O–H groups in total. The molecule has 6 heteroatoms. The number of piperazine rings is 1. The number of para-hydroxylation sites is 2. The molecule has 1 fully saturated rings. The van der Waals surface area contributed by atoms with E-state index in [1.54, 1.807) is 23.1 Å². The third kappa shape index (κ3) is 3.74. The highest BCUT2D eigenvalue weighted by atomic mass is 16.3. The lowest BCUT2D eigenvalue weighted by Gasteiger charge is -2.32. The average molecular weight is 286 g/mol. The van der Waals surface area contributed by atoms with Crippen molar-refractivity contribution in [3.8, 4) is 11.8 Å². The Hall–Kier alpha value is -2.52. The predicted molar refractivity (Wildman–Crippen MR) is 79.5 cm³/mol. The number of rotatable bonds is 3. The maximum atomic E-state index is 12.3. The van der Waals surface area contributed by atoms with Gasteiger partial charge in [0.15, 0.2) is 0 Å². The van der Waals surface area contributed by atoms with Gasteiger partial charge >= 0.3 is 0 Å². The first-order valence-corrected chi connectivity index (χ1v) is 6.74. The highest BCUT2D eigenvalue weighted by molar-refractivity contribution is 5.97. The van der Waals surface area contributed by atoms with Gasteiger partial charge < -0.3 is 20.2 Å². The van der Waals surface area contributed by atoms with E-state index in [-0.39, 0.29) is 17.2 Å². The highest BCUT2D eigenvalue weighted by Gasteiger charge is 2.22. The van der Waals surface area contributed by atoms with Gasteiger partial charge in [0.2, 0.25) is 0 Å². The zero-order valence-corrected chi connectivity index (χ0v) is 11.9. The van der Waals surface area contributed by atoms with Crippen molar-refractivity contribution in [2.75, 3.05) is 38.5 Å². The Morgan fingerprint density at radius 1 is 1.33 bits per heavy atom. The lowest BCUT2D eigenvalue weighted by atomic mass is 10.2. The first kappa shape index (κ1) is 14.9. The summed E-state index contributed by atoms with van der Waals surface area (Å²) in [5.74, 6) is -0.216. The minimum Gasteiger partial charge on any atom is -0.506 e. The number of anilines is 1. The SMILES string of the molecule is CN1CCN(C(=O)/C(C#N)=C\Nc2ccccc2O)CC1. The van der Waals surface area contributed by atoms with E-state index >= 15 is 0 Å². The van der Waals surface area contributed by atoms with E-state index in [0.29, 0.717) is 18.8 Å². The molecule has 6 nitrogen and oxygen atoms in total. The first-order valence-electron chi connectivity index (χ1n) is 6.74. The van der Waals surface area contributed by atoms with Gasteiger partial charge in [0.05, 0.1) is 5.69 Å². The number of hydrogen-bond donors (Lipinski definition) is 2. The Balaban J connectivity index is 2.05. The number of benzene rings is 1. The normalized spacial score (nSPS) is 16.4. The molecule has 0 bridgehead atoms. The zero-order chi connectivity index (χ0) is 15.2. The quantitative estimate of drug-likeness (QED) is 0.492. The van der Waals surface area contributed by atoms with Crippen molar-refractivity contribution in [1.29, 1.82) is 5.26 Å². The summed E-state index contributed by atoms with van der Waals surface area (Å²) in [6, 6.07) is 8.57. The van der Waals surface area contributed by atoms with Crippen LogP contribution in [0, 0.1) is 11.3 Å². The highest BCUT2D eigenvalue weighted by Crippen LogP contribution is 2.21. The number of phenolic OH excluding ortho intramolecular Hbond substituents is 1. The predicted octanol–water partition coefficient (Wildman–Crippen LogP) is 0.986. The van der Waals surface area contributed by atoms with Gasteiger partial charge in [-0.15, -0.1) is 0 Å². The van der Waals surface area contributed by atoms with E-state index in [4.69, 9.17) is 5.26 Å². The van der Waals surface area contributed by atoms with Crippen LogP contribution in [0.1, 0.15) is 0 Å². The van der Waals surface area contributed by atoms with Gasteiger partial charge in [-0.2, -0.15) is 5.26 Å². The number of nitrogens with zero attached hydrogens (tertiary/aromatic N) is 3. The van der Waals surface area contributed by atoms with Crippen molar-refractivity contribution in [3.63, 3.8) is 0 Å². The molecular formula is C15H18N4O2. The molecule has 0 atom stereocenters. The van der Waals surface area contributed by atoms with Gasteiger partial charge in [0.1, 0.15) is 17.4 Å². The summed E-state index contributed by atoms with van der Waals surface area (Å²) in [5.41, 5.74) is 0.485. The van der Waals surface area contributed by atoms with Crippen LogP contribution in [0.3, 0.4) is 0 Å². The molecule has 1 amide bonds. The van der Waals surface area contributed by atoms with Crippen molar-refractivity contribution in [3.05, 3.63) is 36.0 Å². The molecule has 0 unspecified atom stereocenters. The van der Waals surface area contributed by atoms with Crippen LogP contribution in [0.5, 0.6) is 5.75 Å². The van der Waals surface area contributed by atoms with Crippen molar-refractivity contribution in [1.82, 2.24) is 9.80 Å². The largest absolute Gasteiger partial charge is 0.506 e. The lowest BCUT2D eigenvalue weighted by Crippen LogP contribution is -2.47. The molecule has 1 aromatic carbocycles. The van der Waals surface area contributed by atoms with Crippen LogP contribution in [-0.2, 0) is 4.79 Å². The van der Waals surface area contributed by atoms with Crippen LogP contribution in [0.15, 0.2) is 36.0 Å². The van der Waals surface area contributed by atoms with E-state index in [1.807, 2.05) is 13.1 Å². The molecule has 1 aliphatic heterocycles. The van der Waals surface area contributed by atoms with Gasteiger partial charge in [-0.3, -0.25) is 4.79 Å². The third-order valence-corrected chi connectivity index (χ3v) is 3.42. The summed E-state index contributed by atoms with van der Waals surface area (Å²) in [5, 5.41) is 21.6. The molecule has 1 aliphatic rings. The van der Waals surface area contributed by atoms with Crippen LogP contribution < -0.4 is 5.32 Å². The molecular weight excluding hydrogens is 268 g/mol. The molecule has 1 saturated heterocycles. The Labute approximate surface area is 123 Å². The van der Waals surface area contributed by atoms with Gasteiger partial charge in [0, 0.05) is 32.4 Å². The molecule has 2 rings (SSSR count). The number of hydrogen-bond acceptors (Lipinski definition) is 5. The van der Waals surface area contributed by atoms with Gasteiger partial charge in [-0.05, 0) is 19.2 Å². The van der Waals surface area contributed by atoms with Crippen molar-refractivity contribution in [2.24, 2.45) is 0 Å². The number of nitrogens with one attached hydrogen (secondary N) is 1. The van der Waals surface area contributed by atoms with Crippen molar-refractivity contribution >= 4 is 11.6 Å². The Bertz CT molecular complexity index is 584. The van der Waals surface area contributed by atoms with Crippen molar-refractivity contribution < 1.29 is 9.90 Å². The van der Waals surface area contributed by atoms with E-state index in [2.05, 4.69) is 10.2 Å². The number of phenols is 1. The molecule has 0 radical (unpaired) electrons. The fourth-order valence-corrected chi connectivity index (χ4v) is 2.07. The summed E-state index contributed by atoms with van der Waals surface area (Å²) in [7, 11) is 2.00. The maximum absolute atomic E-state index is 12.3. The summed E-state index contributed by atoms with van der Waals surface area (Å²) in [6.07, 6.45) is 1.34. The summed E-state index contributed by atoms with van der Waals surface area (Å²) in [6.45, 7) is 2.84. The van der Waals surface area contributed by atoms with Gasteiger partial charge in [-0.1, -0.05) is 12.1 Å². The van der Waals surface area contributed by atoms with Gasteiger partial charge in [0.25, 0.3) is 5.91 Å². The molecule has 21 heavy (non-hydrogen) atoms. The van der Waals surface area contributed by atoms with Crippen LogP contribution in [0.4, 0.5) is 5.69 Å². The number of nitriles is 1. The van der Waals surface area contributed by atoms with Crippen LogP contribution in [0.25, 0.3) is 0 Å². The summed E-state index contributed by atoms with van der Waals surface area (Å²) < 4.78 is 0. The molecule has 1 aromatic rings. The number of carbonyl (C=O) groups excluding carboxylic acids is 1. The molecule has 0 aliphatic carbocycles. The maximum Gasteiger partial charge on any atom is 0.266 e. The molecule has 110 valence electrons. The Morgan fingerprint density at radius 2 is 2.00 bits per heavy atom. The summed E-state index contributed by atoms with van der Waals surface area (Å²) in [4.78, 5) is 16.1. The fourth-order valence-electron chi connectivity index (χ4n) is 2.07. The fraction of sp³-hybridized carbons (Fsp3) is 0.333. The third-order valence-electron chi connectivity index (χ3n) is 3.42.